The van der Waals surface area contributed by atoms with Gasteiger partial charge in [-0.15, -0.1) is 0 Å². The Morgan fingerprint density at radius 3 is 2.42 bits per heavy atom. The van der Waals surface area contributed by atoms with E-state index in [0.29, 0.717) is 23.8 Å². The second-order valence-electron chi connectivity index (χ2n) is 10.5. The molecule has 8 rings (SSSR count). The molecule has 3 aliphatic heterocycles. The van der Waals surface area contributed by atoms with Crippen LogP contribution in [0.2, 0.25) is 0 Å². The molecule has 6 atom stereocenters. The van der Waals surface area contributed by atoms with E-state index < -0.39 is 0 Å². The fourth-order valence-electron chi connectivity index (χ4n) is 7.11. The van der Waals surface area contributed by atoms with E-state index >= 15 is 0 Å². The van der Waals surface area contributed by atoms with Crippen molar-refractivity contribution in [2.45, 2.75) is 19.1 Å². The third kappa shape index (κ3) is 3.06. The number of hydrogen-bond acceptors (Lipinski definition) is 7. The van der Waals surface area contributed by atoms with Gasteiger partial charge < -0.3 is 19.0 Å². The molecule has 0 unspecified atom stereocenters. The third-order valence-corrected chi connectivity index (χ3v) is 8.70. The Morgan fingerprint density at radius 1 is 0.842 bits per heavy atom. The standard InChI is InChI=1S/C30H24N2O6/c33-29-24-20-13-21(25(24)30(34)32(29)18-8-11-22-23(12-18)37-15-36-22)28-26(20)27(31-38-28)17-6-9-19(10-7-17)35-14-16-4-2-1-3-5-16/h1-12,20-21,24-26,28H,13-15H2/t20-,21+,24-,25+,26-,28-/m1/s1. The number of anilines is 1. The van der Waals surface area contributed by atoms with Crippen molar-refractivity contribution in [1.29, 1.82) is 0 Å². The summed E-state index contributed by atoms with van der Waals surface area (Å²) in [5.41, 5.74) is 3.45. The molecule has 0 aromatic heterocycles. The van der Waals surface area contributed by atoms with Crippen molar-refractivity contribution in [3.8, 4) is 17.2 Å². The highest BCUT2D eigenvalue weighted by molar-refractivity contribution is 6.23. The van der Waals surface area contributed by atoms with Gasteiger partial charge in [0.15, 0.2) is 11.5 Å². The highest BCUT2D eigenvalue weighted by Gasteiger charge is 2.70. The first-order valence-corrected chi connectivity index (χ1v) is 13.0. The smallest absolute Gasteiger partial charge is 0.238 e. The van der Waals surface area contributed by atoms with Crippen LogP contribution in [-0.4, -0.2) is 30.4 Å². The number of hydrogen-bond donors (Lipinski definition) is 0. The van der Waals surface area contributed by atoms with Gasteiger partial charge in [-0.1, -0.05) is 35.5 Å². The summed E-state index contributed by atoms with van der Waals surface area (Å²) in [5.74, 6) is 0.899. The molecule has 2 amide bonds. The van der Waals surface area contributed by atoms with Gasteiger partial charge in [-0.2, -0.15) is 0 Å². The summed E-state index contributed by atoms with van der Waals surface area (Å²) in [4.78, 5) is 34.5. The highest BCUT2D eigenvalue weighted by atomic mass is 16.7. The molecule has 0 N–H and O–H groups in total. The number of amides is 2. The van der Waals surface area contributed by atoms with E-state index in [1.165, 1.54) is 4.90 Å². The second kappa shape index (κ2) is 8.08. The topological polar surface area (TPSA) is 86.7 Å². The first-order chi connectivity index (χ1) is 18.7. The molecule has 3 heterocycles. The Labute approximate surface area is 218 Å². The van der Waals surface area contributed by atoms with Crippen molar-refractivity contribution in [2.75, 3.05) is 11.7 Å². The molecule has 0 radical (unpaired) electrons. The molecule has 3 aromatic carbocycles. The second-order valence-corrected chi connectivity index (χ2v) is 10.5. The van der Waals surface area contributed by atoms with E-state index in [-0.39, 0.29) is 54.3 Å². The van der Waals surface area contributed by atoms with E-state index in [2.05, 4.69) is 5.16 Å². The number of oxime groups is 1. The van der Waals surface area contributed by atoms with Crippen molar-refractivity contribution < 1.29 is 28.6 Å². The minimum atomic E-state index is -0.373. The van der Waals surface area contributed by atoms with Crippen LogP contribution in [0.1, 0.15) is 17.5 Å². The van der Waals surface area contributed by atoms with Crippen LogP contribution in [-0.2, 0) is 21.0 Å². The number of carbonyl (C=O) groups excluding carboxylic acids is 2. The van der Waals surface area contributed by atoms with Gasteiger partial charge in [0.1, 0.15) is 18.5 Å². The van der Waals surface area contributed by atoms with E-state index in [1.54, 1.807) is 18.2 Å². The first kappa shape index (κ1) is 21.7. The summed E-state index contributed by atoms with van der Waals surface area (Å²) in [6.45, 7) is 0.636. The number of nitrogens with zero attached hydrogens (tertiary/aromatic N) is 2. The average Bonchev–Trinajstić information content (AvgIpc) is 3.76. The first-order valence-electron chi connectivity index (χ1n) is 13.0. The zero-order chi connectivity index (χ0) is 25.4. The van der Waals surface area contributed by atoms with E-state index in [4.69, 9.17) is 19.0 Å². The summed E-state index contributed by atoms with van der Waals surface area (Å²) in [5, 5.41) is 4.46. The van der Waals surface area contributed by atoms with Gasteiger partial charge >= 0.3 is 0 Å². The van der Waals surface area contributed by atoms with Gasteiger partial charge in [0, 0.05) is 23.5 Å². The highest BCUT2D eigenvalue weighted by Crippen LogP contribution is 2.62. The number of imide groups is 1. The molecule has 2 saturated carbocycles. The van der Waals surface area contributed by atoms with E-state index in [0.717, 1.165) is 29.0 Å². The van der Waals surface area contributed by atoms with E-state index in [1.807, 2.05) is 54.6 Å². The molecule has 0 spiro atoms. The van der Waals surface area contributed by atoms with Crippen molar-refractivity contribution in [2.24, 2.45) is 34.7 Å². The molecule has 3 aromatic rings. The van der Waals surface area contributed by atoms with Crippen LogP contribution >= 0.6 is 0 Å². The Bertz CT molecular complexity index is 1490. The molecule has 2 aliphatic carbocycles. The van der Waals surface area contributed by atoms with Gasteiger partial charge in [-0.3, -0.25) is 9.59 Å². The van der Waals surface area contributed by atoms with Crippen LogP contribution in [0.3, 0.4) is 0 Å². The van der Waals surface area contributed by atoms with Gasteiger partial charge in [0.2, 0.25) is 18.6 Å². The normalized spacial score (nSPS) is 29.8. The molecule has 2 bridgehead atoms. The molecule has 38 heavy (non-hydrogen) atoms. The van der Waals surface area contributed by atoms with Gasteiger partial charge in [-0.25, -0.2) is 4.90 Å². The quantitative estimate of drug-likeness (QED) is 0.481. The number of benzene rings is 3. The SMILES string of the molecule is O=C1[C@@H]2[C@H]3C[C@H]([C@H]4ON=C(c5ccc(OCc6ccccc6)cc5)[C@@H]34)[C@@H]2C(=O)N1c1ccc2c(c1)OCO2. The molecule has 3 fully saturated rings. The maximum atomic E-state index is 13.7. The summed E-state index contributed by atoms with van der Waals surface area (Å²) in [7, 11) is 0. The van der Waals surface area contributed by atoms with Crippen LogP contribution < -0.4 is 19.1 Å². The molecule has 8 heteroatoms. The predicted octanol–water partition coefficient (Wildman–Crippen LogP) is 4.17. The van der Waals surface area contributed by atoms with Gasteiger partial charge in [0.05, 0.1) is 23.2 Å². The van der Waals surface area contributed by atoms with Gasteiger partial charge in [-0.05, 0) is 54.3 Å². The molecular formula is C30H24N2O6. The van der Waals surface area contributed by atoms with E-state index in [9.17, 15) is 9.59 Å². The van der Waals surface area contributed by atoms with Crippen molar-refractivity contribution >= 4 is 23.2 Å². The van der Waals surface area contributed by atoms with Crippen molar-refractivity contribution in [3.05, 3.63) is 83.9 Å². The van der Waals surface area contributed by atoms with Crippen LogP contribution in [0.4, 0.5) is 5.69 Å². The molecule has 190 valence electrons. The molecule has 5 aliphatic rings. The van der Waals surface area contributed by atoms with Crippen LogP contribution in [0.5, 0.6) is 17.2 Å². The lowest BCUT2D eigenvalue weighted by molar-refractivity contribution is -0.125. The predicted molar refractivity (Wildman–Crippen MR) is 136 cm³/mol. The van der Waals surface area contributed by atoms with Crippen LogP contribution in [0.25, 0.3) is 0 Å². The zero-order valence-electron chi connectivity index (χ0n) is 20.4. The molecule has 1 saturated heterocycles. The minimum Gasteiger partial charge on any atom is -0.489 e. The Kier molecular flexibility index (Phi) is 4.62. The fourth-order valence-corrected chi connectivity index (χ4v) is 7.11. The van der Waals surface area contributed by atoms with Crippen LogP contribution in [0, 0.1) is 29.6 Å². The van der Waals surface area contributed by atoms with Gasteiger partial charge in [0.25, 0.3) is 0 Å². The molecule has 8 nitrogen and oxygen atoms in total. The number of rotatable bonds is 5. The summed E-state index contributed by atoms with van der Waals surface area (Å²) in [6.07, 6.45) is 0.618. The zero-order valence-corrected chi connectivity index (χ0v) is 20.4. The monoisotopic (exact) mass is 508 g/mol. The summed E-state index contributed by atoms with van der Waals surface area (Å²) >= 11 is 0. The lowest BCUT2D eigenvalue weighted by Gasteiger charge is -2.29. The Hall–Kier alpha value is -4.33. The average molecular weight is 509 g/mol. The maximum Gasteiger partial charge on any atom is 0.238 e. The Morgan fingerprint density at radius 2 is 1.61 bits per heavy atom. The lowest BCUT2D eigenvalue weighted by Crippen LogP contribution is -2.41. The van der Waals surface area contributed by atoms with Crippen LogP contribution in [0.15, 0.2) is 78.0 Å². The number of ether oxygens (including phenoxy) is 3. The third-order valence-electron chi connectivity index (χ3n) is 8.70. The van der Waals surface area contributed by atoms with Crippen molar-refractivity contribution in [3.63, 3.8) is 0 Å². The summed E-state index contributed by atoms with van der Waals surface area (Å²) < 4.78 is 16.8. The fraction of sp³-hybridized carbons (Fsp3) is 0.300. The maximum absolute atomic E-state index is 13.7. The Balaban J connectivity index is 1.02. The minimum absolute atomic E-state index is 0.00853. The molecular weight excluding hydrogens is 484 g/mol. The van der Waals surface area contributed by atoms with Crippen molar-refractivity contribution in [1.82, 2.24) is 0 Å². The number of carbonyl (C=O) groups is 2. The number of fused-ring (bicyclic) bond motifs is 9. The summed E-state index contributed by atoms with van der Waals surface area (Å²) in [6, 6.07) is 23.1. The largest absolute Gasteiger partial charge is 0.489 e. The lowest BCUT2D eigenvalue weighted by atomic mass is 9.71.